The lowest BCUT2D eigenvalue weighted by Gasteiger charge is -2.32. The Morgan fingerprint density at radius 2 is 2.20 bits per heavy atom. The number of benzene rings is 1. The van der Waals surface area contributed by atoms with Gasteiger partial charge in [-0.1, -0.05) is 19.1 Å². The Hall–Kier alpha value is -0.910. The van der Waals surface area contributed by atoms with Gasteiger partial charge in [0, 0.05) is 19.1 Å². The van der Waals surface area contributed by atoms with E-state index < -0.39 is 10.0 Å². The molecule has 0 radical (unpaired) electrons. The molecule has 1 aromatic rings. The minimum atomic E-state index is -3.35. The molecule has 20 heavy (non-hydrogen) atoms. The summed E-state index contributed by atoms with van der Waals surface area (Å²) in [5.41, 5.74) is 0.976. The van der Waals surface area contributed by atoms with Crippen molar-refractivity contribution in [2.45, 2.75) is 44.0 Å². The van der Waals surface area contributed by atoms with Gasteiger partial charge in [0.25, 0.3) is 0 Å². The smallest absolute Gasteiger partial charge is 0.243 e. The number of nitrogens with one attached hydrogen (secondary N) is 1. The first kappa shape index (κ1) is 15.5. The molecule has 1 aliphatic heterocycles. The van der Waals surface area contributed by atoms with Crippen molar-refractivity contribution in [3.8, 4) is 0 Å². The van der Waals surface area contributed by atoms with Gasteiger partial charge in [0.2, 0.25) is 10.0 Å². The Bertz CT molecular complexity index is 543. The minimum absolute atomic E-state index is 0.281. The molecule has 112 valence electrons. The van der Waals surface area contributed by atoms with Crippen molar-refractivity contribution >= 4 is 10.0 Å². The van der Waals surface area contributed by atoms with Gasteiger partial charge in [-0.3, -0.25) is 0 Å². The van der Waals surface area contributed by atoms with Gasteiger partial charge in [0.15, 0.2) is 0 Å². The molecule has 1 aliphatic rings. The predicted molar refractivity (Wildman–Crippen MR) is 81.3 cm³/mol. The van der Waals surface area contributed by atoms with Gasteiger partial charge in [-0.15, -0.1) is 0 Å². The molecule has 1 fully saturated rings. The topological polar surface area (TPSA) is 49.4 Å². The Balaban J connectivity index is 2.13. The van der Waals surface area contributed by atoms with E-state index in [9.17, 15) is 8.42 Å². The van der Waals surface area contributed by atoms with E-state index in [0.717, 1.165) is 31.4 Å². The summed E-state index contributed by atoms with van der Waals surface area (Å²) < 4.78 is 26.9. The molecule has 0 saturated carbocycles. The van der Waals surface area contributed by atoms with Crippen molar-refractivity contribution in [2.75, 3.05) is 19.6 Å². The zero-order valence-corrected chi connectivity index (χ0v) is 13.1. The van der Waals surface area contributed by atoms with Crippen molar-refractivity contribution in [1.82, 2.24) is 9.62 Å². The maximum Gasteiger partial charge on any atom is 0.243 e. The molecule has 1 aromatic carbocycles. The summed E-state index contributed by atoms with van der Waals surface area (Å²) in [5.74, 6) is 0. The van der Waals surface area contributed by atoms with E-state index in [1.165, 1.54) is 0 Å². The summed E-state index contributed by atoms with van der Waals surface area (Å²) in [4.78, 5) is 0.411. The number of aryl methyl sites for hydroxylation is 1. The summed E-state index contributed by atoms with van der Waals surface area (Å²) in [6, 6.07) is 7.44. The third-order valence-corrected chi connectivity index (χ3v) is 5.56. The molecule has 2 rings (SSSR count). The standard InChI is InChI=1S/C15H24N2O2S/c1-3-9-16-14-7-5-10-17(12-14)20(18,19)15-8-4-6-13(2)11-15/h4,6,8,11,14,16H,3,5,7,9-10,12H2,1-2H3. The van der Waals surface area contributed by atoms with Crippen LogP contribution in [0.4, 0.5) is 0 Å². The molecule has 1 saturated heterocycles. The van der Waals surface area contributed by atoms with E-state index in [-0.39, 0.29) is 6.04 Å². The molecule has 0 aromatic heterocycles. The average molecular weight is 296 g/mol. The Morgan fingerprint density at radius 3 is 2.90 bits per heavy atom. The lowest BCUT2D eigenvalue weighted by Crippen LogP contribution is -2.48. The summed E-state index contributed by atoms with van der Waals surface area (Å²) >= 11 is 0. The van der Waals surface area contributed by atoms with Crippen molar-refractivity contribution < 1.29 is 8.42 Å². The van der Waals surface area contributed by atoms with Crippen LogP contribution in [0, 0.1) is 6.92 Å². The fourth-order valence-electron chi connectivity index (χ4n) is 2.60. The summed E-state index contributed by atoms with van der Waals surface area (Å²) in [5, 5.41) is 3.43. The first-order chi connectivity index (χ1) is 9.54. The molecule has 0 amide bonds. The van der Waals surface area contributed by atoms with Crippen LogP contribution in [0.5, 0.6) is 0 Å². The normalized spacial score (nSPS) is 21.0. The summed E-state index contributed by atoms with van der Waals surface area (Å²) in [6.07, 6.45) is 3.05. The molecular formula is C15H24N2O2S. The van der Waals surface area contributed by atoms with Crippen molar-refractivity contribution in [3.05, 3.63) is 29.8 Å². The fourth-order valence-corrected chi connectivity index (χ4v) is 4.23. The molecule has 0 bridgehead atoms. The highest BCUT2D eigenvalue weighted by Crippen LogP contribution is 2.21. The molecule has 1 atom stereocenters. The SMILES string of the molecule is CCCNC1CCCN(S(=O)(=O)c2cccc(C)c2)C1. The first-order valence-electron chi connectivity index (χ1n) is 7.34. The molecule has 1 heterocycles. The van der Waals surface area contributed by atoms with Crippen LogP contribution in [-0.2, 0) is 10.0 Å². The van der Waals surface area contributed by atoms with Gasteiger partial charge in [0.1, 0.15) is 0 Å². The van der Waals surface area contributed by atoms with E-state index in [4.69, 9.17) is 0 Å². The molecule has 1 unspecified atom stereocenters. The Morgan fingerprint density at radius 1 is 1.40 bits per heavy atom. The number of rotatable bonds is 5. The first-order valence-corrected chi connectivity index (χ1v) is 8.78. The molecule has 0 aliphatic carbocycles. The second-order valence-corrected chi connectivity index (χ2v) is 7.41. The van der Waals surface area contributed by atoms with Crippen LogP contribution in [-0.4, -0.2) is 38.4 Å². The lowest BCUT2D eigenvalue weighted by molar-refractivity contribution is 0.284. The quantitative estimate of drug-likeness (QED) is 0.906. The number of hydrogen-bond acceptors (Lipinski definition) is 3. The summed E-state index contributed by atoms with van der Waals surface area (Å²) in [6.45, 7) is 6.19. The minimum Gasteiger partial charge on any atom is -0.313 e. The van der Waals surface area contributed by atoms with Crippen LogP contribution in [0.15, 0.2) is 29.2 Å². The number of sulfonamides is 1. The van der Waals surface area contributed by atoms with E-state index in [1.807, 2.05) is 13.0 Å². The third-order valence-electron chi connectivity index (χ3n) is 3.69. The highest BCUT2D eigenvalue weighted by Gasteiger charge is 2.29. The molecule has 0 spiro atoms. The van der Waals surface area contributed by atoms with Gasteiger partial charge in [0.05, 0.1) is 4.90 Å². The van der Waals surface area contributed by atoms with E-state index in [1.54, 1.807) is 22.5 Å². The van der Waals surface area contributed by atoms with Crippen LogP contribution in [0.25, 0.3) is 0 Å². The van der Waals surface area contributed by atoms with E-state index in [0.29, 0.717) is 18.0 Å². The Kier molecular flexibility index (Phi) is 5.18. The average Bonchev–Trinajstić information content (AvgIpc) is 2.45. The highest BCUT2D eigenvalue weighted by atomic mass is 32.2. The highest BCUT2D eigenvalue weighted by molar-refractivity contribution is 7.89. The van der Waals surface area contributed by atoms with Crippen LogP contribution in [0.2, 0.25) is 0 Å². The number of nitrogens with zero attached hydrogens (tertiary/aromatic N) is 1. The second kappa shape index (κ2) is 6.70. The van der Waals surface area contributed by atoms with Gasteiger partial charge in [-0.2, -0.15) is 4.31 Å². The molecule has 1 N–H and O–H groups in total. The number of hydrogen-bond donors (Lipinski definition) is 1. The van der Waals surface area contributed by atoms with Crippen molar-refractivity contribution in [2.24, 2.45) is 0 Å². The monoisotopic (exact) mass is 296 g/mol. The zero-order chi connectivity index (χ0) is 14.6. The zero-order valence-electron chi connectivity index (χ0n) is 12.3. The largest absolute Gasteiger partial charge is 0.313 e. The second-order valence-electron chi connectivity index (χ2n) is 5.47. The van der Waals surface area contributed by atoms with Gasteiger partial charge in [-0.05, 0) is 50.4 Å². The third kappa shape index (κ3) is 3.59. The maximum atomic E-state index is 12.7. The predicted octanol–water partition coefficient (Wildman–Crippen LogP) is 2.15. The van der Waals surface area contributed by atoms with Crippen LogP contribution < -0.4 is 5.32 Å². The van der Waals surface area contributed by atoms with Crippen LogP contribution in [0.3, 0.4) is 0 Å². The Labute approximate surface area is 122 Å². The van der Waals surface area contributed by atoms with Crippen LogP contribution in [0.1, 0.15) is 31.7 Å². The molecule has 4 nitrogen and oxygen atoms in total. The van der Waals surface area contributed by atoms with Crippen molar-refractivity contribution in [1.29, 1.82) is 0 Å². The van der Waals surface area contributed by atoms with Gasteiger partial charge in [-0.25, -0.2) is 8.42 Å². The van der Waals surface area contributed by atoms with Crippen LogP contribution >= 0.6 is 0 Å². The molecular weight excluding hydrogens is 272 g/mol. The van der Waals surface area contributed by atoms with Gasteiger partial charge >= 0.3 is 0 Å². The number of piperidine rings is 1. The lowest BCUT2D eigenvalue weighted by atomic mass is 10.1. The fraction of sp³-hybridized carbons (Fsp3) is 0.600. The summed E-state index contributed by atoms with van der Waals surface area (Å²) in [7, 11) is -3.35. The maximum absolute atomic E-state index is 12.7. The van der Waals surface area contributed by atoms with Crippen molar-refractivity contribution in [3.63, 3.8) is 0 Å². The van der Waals surface area contributed by atoms with Gasteiger partial charge < -0.3 is 5.32 Å². The van der Waals surface area contributed by atoms with E-state index in [2.05, 4.69) is 12.2 Å². The molecule has 5 heteroatoms. The van der Waals surface area contributed by atoms with E-state index >= 15 is 0 Å².